The van der Waals surface area contributed by atoms with Gasteiger partial charge in [0.1, 0.15) is 34.8 Å². The molecule has 0 aliphatic carbocycles. The van der Waals surface area contributed by atoms with E-state index in [1.807, 2.05) is 30.3 Å². The van der Waals surface area contributed by atoms with Crippen LogP contribution < -0.4 is 24.3 Å². The molecular formula is C28H39N3O7. The molecule has 0 atom stereocenters. The topological polar surface area (TPSA) is 98.8 Å². The molecule has 1 aliphatic rings. The van der Waals surface area contributed by atoms with Crippen LogP contribution in [0.4, 0.5) is 4.79 Å². The van der Waals surface area contributed by atoms with Crippen molar-refractivity contribution in [3.8, 4) is 23.0 Å². The maximum absolute atomic E-state index is 13.4. The van der Waals surface area contributed by atoms with Gasteiger partial charge in [0.05, 0.1) is 35.0 Å². The number of aldehydes is 1. The highest BCUT2D eigenvalue weighted by Crippen LogP contribution is 2.30. The minimum Gasteiger partial charge on any atom is -0.497 e. The molecule has 2 aromatic carbocycles. The first-order chi connectivity index (χ1) is 18.4. The van der Waals surface area contributed by atoms with Crippen molar-refractivity contribution in [3.63, 3.8) is 0 Å². The Morgan fingerprint density at radius 2 is 1.37 bits per heavy atom. The first-order valence-corrected chi connectivity index (χ1v) is 12.6. The number of hydrogen-bond donors (Lipinski definition) is 1. The molecule has 1 saturated heterocycles. The van der Waals surface area contributed by atoms with Crippen molar-refractivity contribution in [2.45, 2.75) is 31.5 Å². The Morgan fingerprint density at radius 1 is 0.868 bits per heavy atom. The largest absolute Gasteiger partial charge is 0.497 e. The number of benzene rings is 2. The molecule has 0 unspecified atom stereocenters. The minimum atomic E-state index is -0.919. The molecular weight excluding hydrogens is 490 g/mol. The Labute approximate surface area is 224 Å². The number of ether oxygens (including phenoxy) is 5. The van der Waals surface area contributed by atoms with E-state index in [0.717, 1.165) is 28.9 Å². The van der Waals surface area contributed by atoms with Crippen LogP contribution in [0, 0.1) is 0 Å². The summed E-state index contributed by atoms with van der Waals surface area (Å²) in [6, 6.07) is 10.9. The Hall–Kier alpha value is -3.50. The van der Waals surface area contributed by atoms with E-state index in [-0.39, 0.29) is 12.6 Å². The summed E-state index contributed by atoms with van der Waals surface area (Å²) >= 11 is 0. The van der Waals surface area contributed by atoms with Gasteiger partial charge in [0, 0.05) is 52.0 Å². The Morgan fingerprint density at radius 3 is 1.82 bits per heavy atom. The van der Waals surface area contributed by atoms with E-state index in [0.29, 0.717) is 57.1 Å². The Bertz CT molecular complexity index is 1030. The van der Waals surface area contributed by atoms with Gasteiger partial charge in [0.2, 0.25) is 0 Å². The summed E-state index contributed by atoms with van der Waals surface area (Å²) in [5.74, 6) is 2.73. The van der Waals surface area contributed by atoms with Crippen LogP contribution in [0.2, 0.25) is 0 Å². The van der Waals surface area contributed by atoms with Crippen molar-refractivity contribution in [2.24, 2.45) is 0 Å². The second kappa shape index (κ2) is 13.9. The number of methoxy groups -OCH3 is 5. The molecule has 1 aliphatic heterocycles. The summed E-state index contributed by atoms with van der Waals surface area (Å²) in [4.78, 5) is 29.8. The summed E-state index contributed by atoms with van der Waals surface area (Å²) in [5, 5.41) is 2.96. The fourth-order valence-corrected chi connectivity index (χ4v) is 4.72. The highest BCUT2D eigenvalue weighted by molar-refractivity contribution is 5.81. The Kier molecular flexibility index (Phi) is 10.6. The molecule has 38 heavy (non-hydrogen) atoms. The fourth-order valence-electron chi connectivity index (χ4n) is 4.72. The summed E-state index contributed by atoms with van der Waals surface area (Å²) in [7, 11) is 7.99. The van der Waals surface area contributed by atoms with Crippen LogP contribution in [0.3, 0.4) is 0 Å². The lowest BCUT2D eigenvalue weighted by atomic mass is 9.87. The minimum absolute atomic E-state index is 0.259. The van der Waals surface area contributed by atoms with Crippen molar-refractivity contribution in [1.82, 2.24) is 15.1 Å². The van der Waals surface area contributed by atoms with Crippen molar-refractivity contribution in [3.05, 3.63) is 47.5 Å². The van der Waals surface area contributed by atoms with Gasteiger partial charge in [-0.3, -0.25) is 4.90 Å². The number of nitrogens with zero attached hydrogens (tertiary/aromatic N) is 2. The van der Waals surface area contributed by atoms with Gasteiger partial charge in [0.15, 0.2) is 0 Å². The zero-order valence-corrected chi connectivity index (χ0v) is 23.0. The van der Waals surface area contributed by atoms with Gasteiger partial charge in [-0.25, -0.2) is 4.79 Å². The number of nitrogens with one attached hydrogen (secondary N) is 1. The molecule has 10 nitrogen and oxygen atoms in total. The summed E-state index contributed by atoms with van der Waals surface area (Å²) < 4.78 is 26.7. The normalized spacial score (nSPS) is 14.9. The number of likely N-dealkylation sites (tertiary alicyclic amines) is 1. The highest BCUT2D eigenvalue weighted by Gasteiger charge is 2.42. The van der Waals surface area contributed by atoms with Gasteiger partial charge in [-0.15, -0.1) is 0 Å². The third kappa shape index (κ3) is 7.29. The van der Waals surface area contributed by atoms with Crippen molar-refractivity contribution < 1.29 is 33.3 Å². The van der Waals surface area contributed by atoms with E-state index in [1.54, 1.807) is 46.5 Å². The molecule has 1 fully saturated rings. The third-order valence-corrected chi connectivity index (χ3v) is 6.92. The first-order valence-electron chi connectivity index (χ1n) is 12.6. The summed E-state index contributed by atoms with van der Waals surface area (Å²) in [5.41, 5.74) is 0.962. The van der Waals surface area contributed by atoms with E-state index < -0.39 is 5.54 Å². The van der Waals surface area contributed by atoms with Gasteiger partial charge in [-0.1, -0.05) is 0 Å². The molecule has 2 aromatic rings. The monoisotopic (exact) mass is 529 g/mol. The van der Waals surface area contributed by atoms with Crippen molar-refractivity contribution >= 4 is 12.3 Å². The lowest BCUT2D eigenvalue weighted by molar-refractivity contribution is -0.120. The van der Waals surface area contributed by atoms with E-state index in [4.69, 9.17) is 23.7 Å². The Balaban J connectivity index is 1.70. The third-order valence-electron chi connectivity index (χ3n) is 6.92. The number of amides is 2. The summed E-state index contributed by atoms with van der Waals surface area (Å²) in [6.07, 6.45) is 1.95. The average molecular weight is 530 g/mol. The molecule has 1 heterocycles. The number of rotatable bonds is 13. The van der Waals surface area contributed by atoms with Gasteiger partial charge >= 0.3 is 6.03 Å². The zero-order valence-electron chi connectivity index (χ0n) is 23.0. The van der Waals surface area contributed by atoms with Crippen molar-refractivity contribution in [2.75, 3.05) is 61.8 Å². The predicted octanol–water partition coefficient (Wildman–Crippen LogP) is 3.11. The second-order valence-electron chi connectivity index (χ2n) is 9.24. The van der Waals surface area contributed by atoms with Crippen LogP contribution in [-0.4, -0.2) is 89.4 Å². The molecule has 208 valence electrons. The van der Waals surface area contributed by atoms with Crippen LogP contribution in [0.15, 0.2) is 36.4 Å². The average Bonchev–Trinajstić information content (AvgIpc) is 2.96. The van der Waals surface area contributed by atoms with Crippen LogP contribution in [0.5, 0.6) is 23.0 Å². The fraction of sp³-hybridized carbons (Fsp3) is 0.500. The maximum Gasteiger partial charge on any atom is 0.318 e. The molecule has 0 radical (unpaired) electrons. The quantitative estimate of drug-likeness (QED) is 0.395. The van der Waals surface area contributed by atoms with Gasteiger partial charge < -0.3 is 38.7 Å². The SMILES string of the molecule is COCCN(C(=O)NCc1cc(OC)cc(OC)c1)C1(C=O)CCN(Cc2cc(OC)cc(OC)c2)CC1. The lowest BCUT2D eigenvalue weighted by Gasteiger charge is -2.45. The van der Waals surface area contributed by atoms with Gasteiger partial charge in [-0.05, 0) is 48.2 Å². The zero-order chi connectivity index (χ0) is 27.5. The molecule has 0 saturated carbocycles. The van der Waals surface area contributed by atoms with Crippen LogP contribution in [0.25, 0.3) is 0 Å². The van der Waals surface area contributed by atoms with E-state index >= 15 is 0 Å². The maximum atomic E-state index is 13.4. The van der Waals surface area contributed by atoms with Gasteiger partial charge in [-0.2, -0.15) is 0 Å². The molecule has 2 amide bonds. The van der Waals surface area contributed by atoms with E-state index in [1.165, 1.54) is 0 Å². The number of piperidine rings is 1. The van der Waals surface area contributed by atoms with Crippen LogP contribution >= 0.6 is 0 Å². The first kappa shape index (κ1) is 29.1. The number of urea groups is 1. The molecule has 0 aromatic heterocycles. The number of carbonyl (C=O) groups is 2. The second-order valence-corrected chi connectivity index (χ2v) is 9.24. The predicted molar refractivity (Wildman–Crippen MR) is 143 cm³/mol. The molecule has 1 N–H and O–H groups in total. The van der Waals surface area contributed by atoms with E-state index in [2.05, 4.69) is 10.2 Å². The summed E-state index contributed by atoms with van der Waals surface area (Å²) in [6.45, 7) is 2.88. The van der Waals surface area contributed by atoms with Crippen molar-refractivity contribution in [1.29, 1.82) is 0 Å². The molecule has 0 bridgehead atoms. The molecule has 10 heteroatoms. The van der Waals surface area contributed by atoms with Crippen LogP contribution in [0.1, 0.15) is 24.0 Å². The number of carbonyl (C=O) groups excluding carboxylic acids is 2. The number of hydrogen-bond acceptors (Lipinski definition) is 8. The van der Waals surface area contributed by atoms with E-state index in [9.17, 15) is 9.59 Å². The molecule has 0 spiro atoms. The smallest absolute Gasteiger partial charge is 0.318 e. The van der Waals surface area contributed by atoms with Gasteiger partial charge in [0.25, 0.3) is 0 Å². The highest BCUT2D eigenvalue weighted by atomic mass is 16.5. The standard InChI is InChI=1S/C28H39N3O7/c1-34-11-10-31(27(33)29-18-21-12-23(35-2)16-24(13-21)36-3)28(20-32)6-8-30(9-7-28)19-22-14-25(37-4)17-26(15-22)38-5/h12-17,20H,6-11,18-19H2,1-5H3,(H,29,33). The molecule has 3 rings (SSSR count). The lowest BCUT2D eigenvalue weighted by Crippen LogP contribution is -2.61. The van der Waals surface area contributed by atoms with Crippen LogP contribution in [-0.2, 0) is 22.6 Å².